The molecule has 0 saturated carbocycles. The van der Waals surface area contributed by atoms with Gasteiger partial charge in [0.15, 0.2) is 5.78 Å². The fourth-order valence-corrected chi connectivity index (χ4v) is 2.01. The van der Waals surface area contributed by atoms with Gasteiger partial charge in [0.05, 0.1) is 0 Å². The molecule has 0 radical (unpaired) electrons. The fourth-order valence-electron chi connectivity index (χ4n) is 2.01. The summed E-state index contributed by atoms with van der Waals surface area (Å²) in [6, 6.07) is 14.5. The number of anilines is 1. The summed E-state index contributed by atoms with van der Waals surface area (Å²) in [4.78, 5) is 23.3. The van der Waals surface area contributed by atoms with E-state index in [9.17, 15) is 9.59 Å². The molecule has 0 heterocycles. The molecule has 0 aliphatic rings. The molecule has 1 amide bonds. The fraction of sp³-hybridized carbons (Fsp3) is 0.222. The first-order valence-electron chi connectivity index (χ1n) is 6.99. The van der Waals surface area contributed by atoms with Crippen molar-refractivity contribution >= 4 is 17.4 Å². The van der Waals surface area contributed by atoms with E-state index in [0.29, 0.717) is 22.7 Å². The quantitative estimate of drug-likeness (QED) is 0.851. The molecule has 2 aromatic carbocycles. The van der Waals surface area contributed by atoms with Gasteiger partial charge in [-0.15, -0.1) is 0 Å². The van der Waals surface area contributed by atoms with Crippen LogP contribution in [0, 0.1) is 0 Å². The second-order valence-corrected chi connectivity index (χ2v) is 5.36. The van der Waals surface area contributed by atoms with Gasteiger partial charge in [-0.2, -0.15) is 0 Å². The van der Waals surface area contributed by atoms with Crippen molar-refractivity contribution in [1.29, 1.82) is 0 Å². The average molecular weight is 281 g/mol. The Bertz CT molecular complexity index is 640. The number of carbonyl (C=O) groups is 2. The molecular formula is C18H19NO2. The van der Waals surface area contributed by atoms with Crippen molar-refractivity contribution in [2.24, 2.45) is 0 Å². The number of ketones is 1. The van der Waals surface area contributed by atoms with Gasteiger partial charge in [0, 0.05) is 16.8 Å². The summed E-state index contributed by atoms with van der Waals surface area (Å²) in [6.45, 7) is 5.75. The second-order valence-electron chi connectivity index (χ2n) is 5.36. The lowest BCUT2D eigenvalue weighted by molar-refractivity contribution is 0.101. The minimum Gasteiger partial charge on any atom is -0.322 e. The largest absolute Gasteiger partial charge is 0.322 e. The van der Waals surface area contributed by atoms with Crippen LogP contribution in [0.25, 0.3) is 0 Å². The number of Topliss-reactive ketones (excluding diaryl/α,β-unsaturated/α-hetero) is 1. The van der Waals surface area contributed by atoms with Gasteiger partial charge in [-0.25, -0.2) is 0 Å². The maximum absolute atomic E-state index is 12.1. The predicted molar refractivity (Wildman–Crippen MR) is 84.9 cm³/mol. The summed E-state index contributed by atoms with van der Waals surface area (Å²) < 4.78 is 0. The molecule has 0 aromatic heterocycles. The van der Waals surface area contributed by atoms with Crippen LogP contribution in [-0.2, 0) is 0 Å². The Morgan fingerprint density at radius 2 is 1.38 bits per heavy atom. The van der Waals surface area contributed by atoms with Crippen LogP contribution in [0.5, 0.6) is 0 Å². The summed E-state index contributed by atoms with van der Waals surface area (Å²) in [5, 5.41) is 2.82. The number of benzene rings is 2. The molecule has 2 aromatic rings. The van der Waals surface area contributed by atoms with E-state index < -0.39 is 0 Å². The third-order valence-corrected chi connectivity index (χ3v) is 3.39. The van der Waals surface area contributed by atoms with E-state index >= 15 is 0 Å². The molecule has 108 valence electrons. The van der Waals surface area contributed by atoms with Crippen molar-refractivity contribution in [1.82, 2.24) is 0 Å². The van der Waals surface area contributed by atoms with E-state index in [1.165, 1.54) is 12.5 Å². The topological polar surface area (TPSA) is 46.2 Å². The Morgan fingerprint density at radius 3 is 1.86 bits per heavy atom. The van der Waals surface area contributed by atoms with Crippen molar-refractivity contribution in [3.8, 4) is 0 Å². The van der Waals surface area contributed by atoms with Crippen LogP contribution < -0.4 is 5.32 Å². The molecule has 3 heteroatoms. The van der Waals surface area contributed by atoms with Crippen molar-refractivity contribution in [2.75, 3.05) is 5.32 Å². The first-order chi connectivity index (χ1) is 9.97. The zero-order valence-electron chi connectivity index (χ0n) is 12.5. The standard InChI is InChI=1S/C18H19NO2/c1-12(2)14-4-6-16(7-5-14)18(21)19-17-10-8-15(9-11-17)13(3)20/h4-12H,1-3H3,(H,19,21). The van der Waals surface area contributed by atoms with Gasteiger partial charge in [0.1, 0.15) is 0 Å². The number of hydrogen-bond acceptors (Lipinski definition) is 2. The number of carbonyl (C=O) groups excluding carboxylic acids is 2. The molecule has 0 aliphatic heterocycles. The molecule has 0 atom stereocenters. The van der Waals surface area contributed by atoms with Crippen molar-refractivity contribution < 1.29 is 9.59 Å². The first-order valence-corrected chi connectivity index (χ1v) is 6.99. The third kappa shape index (κ3) is 3.78. The third-order valence-electron chi connectivity index (χ3n) is 3.39. The lowest BCUT2D eigenvalue weighted by Gasteiger charge is -2.08. The predicted octanol–water partition coefficient (Wildman–Crippen LogP) is 4.26. The molecule has 0 saturated heterocycles. The highest BCUT2D eigenvalue weighted by Gasteiger charge is 2.07. The van der Waals surface area contributed by atoms with Crippen LogP contribution in [0.2, 0.25) is 0 Å². The van der Waals surface area contributed by atoms with Crippen LogP contribution in [0.1, 0.15) is 53.0 Å². The second kappa shape index (κ2) is 6.35. The zero-order chi connectivity index (χ0) is 15.4. The molecule has 0 spiro atoms. The Morgan fingerprint density at radius 1 is 0.857 bits per heavy atom. The Labute approximate surface area is 125 Å². The molecule has 0 unspecified atom stereocenters. The zero-order valence-corrected chi connectivity index (χ0v) is 12.5. The average Bonchev–Trinajstić information content (AvgIpc) is 2.47. The SMILES string of the molecule is CC(=O)c1ccc(NC(=O)c2ccc(C(C)C)cc2)cc1. The summed E-state index contributed by atoms with van der Waals surface area (Å²) in [5.74, 6) is 0.305. The van der Waals surface area contributed by atoms with Gasteiger partial charge in [-0.3, -0.25) is 9.59 Å². The minimum atomic E-state index is -0.152. The summed E-state index contributed by atoms with van der Waals surface area (Å²) in [7, 11) is 0. The van der Waals surface area contributed by atoms with Crippen molar-refractivity contribution in [3.63, 3.8) is 0 Å². The maximum atomic E-state index is 12.1. The number of hydrogen-bond donors (Lipinski definition) is 1. The highest BCUT2D eigenvalue weighted by molar-refractivity contribution is 6.04. The number of amides is 1. The van der Waals surface area contributed by atoms with E-state index in [1.807, 2.05) is 24.3 Å². The lowest BCUT2D eigenvalue weighted by Crippen LogP contribution is -2.12. The van der Waals surface area contributed by atoms with E-state index in [-0.39, 0.29) is 11.7 Å². The lowest BCUT2D eigenvalue weighted by atomic mass is 10.0. The molecule has 2 rings (SSSR count). The number of rotatable bonds is 4. The van der Waals surface area contributed by atoms with Crippen LogP contribution in [0.4, 0.5) is 5.69 Å². The monoisotopic (exact) mass is 281 g/mol. The summed E-state index contributed by atoms with van der Waals surface area (Å²) in [6.07, 6.45) is 0. The highest BCUT2D eigenvalue weighted by Crippen LogP contribution is 2.16. The first kappa shape index (κ1) is 15.0. The van der Waals surface area contributed by atoms with Crippen LogP contribution in [0.3, 0.4) is 0 Å². The summed E-state index contributed by atoms with van der Waals surface area (Å²) in [5.41, 5.74) is 3.14. The smallest absolute Gasteiger partial charge is 0.255 e. The van der Waals surface area contributed by atoms with Gasteiger partial charge < -0.3 is 5.32 Å². The summed E-state index contributed by atoms with van der Waals surface area (Å²) >= 11 is 0. The maximum Gasteiger partial charge on any atom is 0.255 e. The van der Waals surface area contributed by atoms with Gasteiger partial charge in [-0.1, -0.05) is 26.0 Å². The molecule has 3 nitrogen and oxygen atoms in total. The Balaban J connectivity index is 2.08. The number of nitrogens with one attached hydrogen (secondary N) is 1. The molecule has 0 bridgehead atoms. The van der Waals surface area contributed by atoms with Gasteiger partial charge in [0.2, 0.25) is 0 Å². The van der Waals surface area contributed by atoms with Crippen LogP contribution >= 0.6 is 0 Å². The van der Waals surface area contributed by atoms with E-state index in [0.717, 1.165) is 0 Å². The van der Waals surface area contributed by atoms with Crippen LogP contribution in [0.15, 0.2) is 48.5 Å². The molecule has 1 N–H and O–H groups in total. The molecule has 21 heavy (non-hydrogen) atoms. The van der Waals surface area contributed by atoms with Crippen molar-refractivity contribution in [2.45, 2.75) is 26.7 Å². The highest BCUT2D eigenvalue weighted by atomic mass is 16.1. The van der Waals surface area contributed by atoms with Crippen LogP contribution in [-0.4, -0.2) is 11.7 Å². The van der Waals surface area contributed by atoms with E-state index in [4.69, 9.17) is 0 Å². The van der Waals surface area contributed by atoms with E-state index in [1.54, 1.807) is 24.3 Å². The molecule has 0 aliphatic carbocycles. The normalized spacial score (nSPS) is 10.5. The van der Waals surface area contributed by atoms with Gasteiger partial charge in [-0.05, 0) is 54.8 Å². The minimum absolute atomic E-state index is 0.0113. The van der Waals surface area contributed by atoms with E-state index in [2.05, 4.69) is 19.2 Å². The Hall–Kier alpha value is -2.42. The van der Waals surface area contributed by atoms with Gasteiger partial charge in [0.25, 0.3) is 5.91 Å². The molecular weight excluding hydrogens is 262 g/mol. The van der Waals surface area contributed by atoms with Crippen molar-refractivity contribution in [3.05, 3.63) is 65.2 Å². The van der Waals surface area contributed by atoms with Gasteiger partial charge >= 0.3 is 0 Å². The molecule has 0 fully saturated rings. The Kier molecular flexibility index (Phi) is 4.53.